The predicted molar refractivity (Wildman–Crippen MR) is 224 cm³/mol. The van der Waals surface area contributed by atoms with E-state index in [-0.39, 0.29) is 0 Å². The van der Waals surface area contributed by atoms with E-state index in [1.165, 1.54) is 21.8 Å². The molecule has 0 amide bonds. The SMILES string of the molecule is N#Cc1ccc(-n2c3ccccc3c3cc(-n4c5ccccc5c5ccccc54)ccc32)c(-c2ccccc2-n2c3ccccc3c3ccc(C#N)cc32)c1. The highest BCUT2D eigenvalue weighted by atomic mass is 15.0. The van der Waals surface area contributed by atoms with Crippen LogP contribution in [0.25, 0.3) is 93.6 Å². The van der Waals surface area contributed by atoms with Gasteiger partial charge in [0.1, 0.15) is 0 Å². The third kappa shape index (κ3) is 4.45. The number of para-hydroxylation sites is 5. The quantitative estimate of drug-likeness (QED) is 0.184. The maximum Gasteiger partial charge on any atom is 0.0992 e. The van der Waals surface area contributed by atoms with E-state index in [0.717, 1.165) is 71.8 Å². The van der Waals surface area contributed by atoms with Crippen molar-refractivity contribution in [3.63, 3.8) is 0 Å². The number of nitrogens with zero attached hydrogens (tertiary/aromatic N) is 5. The van der Waals surface area contributed by atoms with Crippen LogP contribution in [0.15, 0.2) is 176 Å². The average Bonchev–Trinajstić information content (AvgIpc) is 3.88. The molecular weight excluding hydrogens is 671 g/mol. The van der Waals surface area contributed by atoms with Crippen molar-refractivity contribution in [1.82, 2.24) is 13.7 Å². The lowest BCUT2D eigenvalue weighted by Crippen LogP contribution is -2.02. The van der Waals surface area contributed by atoms with E-state index in [1.54, 1.807) is 0 Å². The number of rotatable bonds is 4. The van der Waals surface area contributed by atoms with Gasteiger partial charge in [-0.05, 0) is 78.9 Å². The van der Waals surface area contributed by atoms with Gasteiger partial charge in [-0.15, -0.1) is 0 Å². The van der Waals surface area contributed by atoms with Crippen LogP contribution in [0.3, 0.4) is 0 Å². The second-order valence-electron chi connectivity index (χ2n) is 14.0. The molecule has 0 saturated carbocycles. The summed E-state index contributed by atoms with van der Waals surface area (Å²) in [6.45, 7) is 0. The van der Waals surface area contributed by atoms with Crippen molar-refractivity contribution >= 4 is 65.4 Å². The normalized spacial score (nSPS) is 11.6. The fraction of sp³-hybridized carbons (Fsp3) is 0. The van der Waals surface area contributed by atoms with Gasteiger partial charge in [0.2, 0.25) is 0 Å². The molecule has 0 aliphatic heterocycles. The lowest BCUT2D eigenvalue weighted by molar-refractivity contribution is 1.15. The van der Waals surface area contributed by atoms with Crippen molar-refractivity contribution in [2.45, 2.75) is 0 Å². The topological polar surface area (TPSA) is 62.4 Å². The molecule has 11 aromatic rings. The van der Waals surface area contributed by atoms with Crippen LogP contribution in [0, 0.1) is 22.7 Å². The van der Waals surface area contributed by atoms with Crippen LogP contribution in [0.5, 0.6) is 0 Å². The molecule has 8 aromatic carbocycles. The fourth-order valence-electron chi connectivity index (χ4n) is 8.77. The van der Waals surface area contributed by atoms with E-state index >= 15 is 0 Å². The van der Waals surface area contributed by atoms with Crippen LogP contribution < -0.4 is 0 Å². The summed E-state index contributed by atoms with van der Waals surface area (Å²) >= 11 is 0. The summed E-state index contributed by atoms with van der Waals surface area (Å²) in [6, 6.07) is 66.0. The van der Waals surface area contributed by atoms with Gasteiger partial charge in [-0.2, -0.15) is 10.5 Å². The van der Waals surface area contributed by atoms with E-state index in [1.807, 2.05) is 30.3 Å². The lowest BCUT2D eigenvalue weighted by atomic mass is 9.98. The third-order valence-corrected chi connectivity index (χ3v) is 11.1. The second-order valence-corrected chi connectivity index (χ2v) is 14.0. The summed E-state index contributed by atoms with van der Waals surface area (Å²) in [7, 11) is 0. The minimum Gasteiger partial charge on any atom is -0.309 e. The van der Waals surface area contributed by atoms with Crippen LogP contribution in [0.2, 0.25) is 0 Å². The zero-order valence-corrected chi connectivity index (χ0v) is 29.5. The van der Waals surface area contributed by atoms with Crippen molar-refractivity contribution in [2.24, 2.45) is 0 Å². The molecule has 5 heteroatoms. The zero-order chi connectivity index (χ0) is 36.6. The van der Waals surface area contributed by atoms with Crippen LogP contribution >= 0.6 is 0 Å². The van der Waals surface area contributed by atoms with E-state index in [4.69, 9.17) is 0 Å². The number of hydrogen-bond acceptors (Lipinski definition) is 2. The molecule has 0 bridgehead atoms. The Morgan fingerprint density at radius 2 is 0.764 bits per heavy atom. The zero-order valence-electron chi connectivity index (χ0n) is 29.5. The number of hydrogen-bond donors (Lipinski definition) is 0. The maximum atomic E-state index is 10.2. The van der Waals surface area contributed by atoms with E-state index in [9.17, 15) is 10.5 Å². The molecule has 0 aliphatic rings. The number of benzene rings is 8. The molecule has 11 rings (SSSR count). The summed E-state index contributed by atoms with van der Waals surface area (Å²) in [5.41, 5.74) is 12.6. The summed E-state index contributed by atoms with van der Waals surface area (Å²) in [5, 5.41) is 27.1. The van der Waals surface area contributed by atoms with Crippen molar-refractivity contribution in [2.75, 3.05) is 0 Å². The van der Waals surface area contributed by atoms with Gasteiger partial charge in [0.25, 0.3) is 0 Å². The molecule has 3 aromatic heterocycles. The maximum absolute atomic E-state index is 10.2. The average molecular weight is 700 g/mol. The summed E-state index contributed by atoms with van der Waals surface area (Å²) < 4.78 is 6.96. The molecular formula is C50H29N5. The summed E-state index contributed by atoms with van der Waals surface area (Å²) in [6.07, 6.45) is 0. The molecule has 0 unspecified atom stereocenters. The smallest absolute Gasteiger partial charge is 0.0992 e. The number of aromatic nitrogens is 3. The van der Waals surface area contributed by atoms with E-state index < -0.39 is 0 Å². The van der Waals surface area contributed by atoms with Crippen molar-refractivity contribution in [1.29, 1.82) is 10.5 Å². The van der Waals surface area contributed by atoms with E-state index in [2.05, 4.69) is 171 Å². The van der Waals surface area contributed by atoms with Crippen LogP contribution in [-0.2, 0) is 0 Å². The van der Waals surface area contributed by atoms with Gasteiger partial charge in [0.15, 0.2) is 0 Å². The summed E-state index contributed by atoms with van der Waals surface area (Å²) in [4.78, 5) is 0. The largest absolute Gasteiger partial charge is 0.309 e. The Bertz CT molecular complexity index is 3420. The van der Waals surface area contributed by atoms with Gasteiger partial charge >= 0.3 is 0 Å². The molecule has 254 valence electrons. The summed E-state index contributed by atoms with van der Waals surface area (Å²) in [5.74, 6) is 0. The molecule has 0 aliphatic carbocycles. The molecule has 55 heavy (non-hydrogen) atoms. The minimum absolute atomic E-state index is 0.581. The molecule has 0 saturated heterocycles. The van der Waals surface area contributed by atoms with Gasteiger partial charge in [-0.25, -0.2) is 0 Å². The van der Waals surface area contributed by atoms with E-state index in [0.29, 0.717) is 11.1 Å². The molecule has 3 heterocycles. The Labute approximate surface area is 316 Å². The molecule has 0 atom stereocenters. The Hall–Kier alpha value is -7.86. The third-order valence-electron chi connectivity index (χ3n) is 11.1. The molecule has 0 spiro atoms. The molecule has 5 nitrogen and oxygen atoms in total. The second kappa shape index (κ2) is 11.8. The first kappa shape index (κ1) is 30.7. The molecule has 0 radical (unpaired) electrons. The minimum atomic E-state index is 0.581. The van der Waals surface area contributed by atoms with Gasteiger partial charge < -0.3 is 13.7 Å². The van der Waals surface area contributed by atoms with Crippen molar-refractivity contribution in [3.05, 3.63) is 187 Å². The van der Waals surface area contributed by atoms with Crippen LogP contribution in [0.4, 0.5) is 0 Å². The van der Waals surface area contributed by atoms with Gasteiger partial charge in [0.05, 0.1) is 67.7 Å². The highest BCUT2D eigenvalue weighted by molar-refractivity contribution is 6.13. The first-order valence-electron chi connectivity index (χ1n) is 18.3. The molecule has 0 N–H and O–H groups in total. The van der Waals surface area contributed by atoms with Gasteiger partial charge in [0, 0.05) is 49.1 Å². The van der Waals surface area contributed by atoms with Crippen LogP contribution in [-0.4, -0.2) is 13.7 Å². The van der Waals surface area contributed by atoms with Crippen LogP contribution in [0.1, 0.15) is 11.1 Å². The number of nitriles is 2. The first-order chi connectivity index (χ1) is 27.2. The Balaban J connectivity index is 1.19. The Morgan fingerprint density at radius 1 is 0.309 bits per heavy atom. The van der Waals surface area contributed by atoms with Gasteiger partial charge in [-0.3, -0.25) is 0 Å². The molecule has 0 fully saturated rings. The van der Waals surface area contributed by atoms with Crippen molar-refractivity contribution in [3.8, 4) is 40.3 Å². The monoisotopic (exact) mass is 699 g/mol. The number of fused-ring (bicyclic) bond motifs is 9. The highest BCUT2D eigenvalue weighted by Crippen LogP contribution is 2.42. The van der Waals surface area contributed by atoms with Gasteiger partial charge in [-0.1, -0.05) is 97.1 Å². The standard InChI is InChI=1S/C50H29N5/c51-30-32-22-25-48(41(27-32)38-14-4-10-20-47(38)55-45-18-8-3-13-37(45)40-24-21-33(31-52)28-50(40)55)54-46-19-9-5-15-39(46)42-29-34(23-26-49(42)54)53-43-16-6-1-11-35(43)36-12-2-7-17-44(36)53/h1-29H. The Morgan fingerprint density at radius 3 is 1.40 bits per heavy atom. The predicted octanol–water partition coefficient (Wildman–Crippen LogP) is 12.4. The highest BCUT2D eigenvalue weighted by Gasteiger charge is 2.22. The Kier molecular flexibility index (Phi) is 6.61. The first-order valence-corrected chi connectivity index (χ1v) is 18.3. The lowest BCUT2D eigenvalue weighted by Gasteiger charge is -2.19. The van der Waals surface area contributed by atoms with Crippen molar-refractivity contribution < 1.29 is 0 Å². The fourth-order valence-corrected chi connectivity index (χ4v) is 8.77.